The van der Waals surface area contributed by atoms with E-state index in [0.717, 1.165) is 31.4 Å². The van der Waals surface area contributed by atoms with E-state index in [1.54, 1.807) is 0 Å². The van der Waals surface area contributed by atoms with E-state index in [1.807, 2.05) is 0 Å². The van der Waals surface area contributed by atoms with Crippen LogP contribution in [-0.2, 0) is 13.0 Å². The van der Waals surface area contributed by atoms with E-state index >= 15 is 0 Å². The number of rotatable bonds is 6. The van der Waals surface area contributed by atoms with Crippen LogP contribution in [0.5, 0.6) is 0 Å². The van der Waals surface area contributed by atoms with Gasteiger partial charge in [0.15, 0.2) is 0 Å². The van der Waals surface area contributed by atoms with Crippen LogP contribution in [0.1, 0.15) is 50.2 Å². The predicted molar refractivity (Wildman–Crippen MR) is 83.8 cm³/mol. The monoisotopic (exact) mass is 279 g/mol. The molecule has 106 valence electrons. The molecule has 0 heterocycles. The van der Waals surface area contributed by atoms with Crippen LogP contribution in [0, 0.1) is 0 Å². The van der Waals surface area contributed by atoms with Gasteiger partial charge < -0.3 is 0 Å². The molecule has 1 fully saturated rings. The maximum absolute atomic E-state index is 5.99. The molecular weight excluding hydrogens is 254 g/mol. The summed E-state index contributed by atoms with van der Waals surface area (Å²) in [4.78, 5) is 2.59. The number of halogens is 1. The zero-order chi connectivity index (χ0) is 13.5. The standard InChI is InChI=1S/C17H26ClN/c1-2-15-8-10-16(11-9-15)14-19(13-12-18)17-6-4-3-5-7-17/h8-11,17H,2-7,12-14H2,1H3. The topological polar surface area (TPSA) is 3.24 Å². The summed E-state index contributed by atoms with van der Waals surface area (Å²) in [6.45, 7) is 4.28. The normalized spacial score (nSPS) is 17.0. The Morgan fingerprint density at radius 2 is 1.68 bits per heavy atom. The van der Waals surface area contributed by atoms with E-state index in [9.17, 15) is 0 Å². The number of hydrogen-bond donors (Lipinski definition) is 0. The summed E-state index contributed by atoms with van der Waals surface area (Å²) in [5.41, 5.74) is 2.85. The molecule has 0 bridgehead atoms. The summed E-state index contributed by atoms with van der Waals surface area (Å²) in [5, 5.41) is 0. The Kier molecular flexibility index (Phi) is 6.19. The molecule has 1 aliphatic carbocycles. The lowest BCUT2D eigenvalue weighted by atomic mass is 9.94. The van der Waals surface area contributed by atoms with Crippen LogP contribution in [0.15, 0.2) is 24.3 Å². The zero-order valence-corrected chi connectivity index (χ0v) is 12.8. The Morgan fingerprint density at radius 3 is 2.26 bits per heavy atom. The minimum absolute atomic E-state index is 0.740. The molecule has 0 amide bonds. The highest BCUT2D eigenvalue weighted by atomic mass is 35.5. The Hall–Kier alpha value is -0.530. The Morgan fingerprint density at radius 1 is 1.05 bits per heavy atom. The van der Waals surface area contributed by atoms with E-state index in [-0.39, 0.29) is 0 Å². The largest absolute Gasteiger partial charge is 0.295 e. The summed E-state index contributed by atoms with van der Waals surface area (Å²) in [6.07, 6.45) is 8.01. The maximum atomic E-state index is 5.99. The van der Waals surface area contributed by atoms with Crippen LogP contribution in [0.2, 0.25) is 0 Å². The number of nitrogens with zero attached hydrogens (tertiary/aromatic N) is 1. The van der Waals surface area contributed by atoms with Crippen LogP contribution in [-0.4, -0.2) is 23.4 Å². The molecule has 0 spiro atoms. The van der Waals surface area contributed by atoms with Gasteiger partial charge >= 0.3 is 0 Å². The first-order chi connectivity index (χ1) is 9.33. The fourth-order valence-corrected chi connectivity index (χ4v) is 3.28. The van der Waals surface area contributed by atoms with Gasteiger partial charge in [-0.15, -0.1) is 11.6 Å². The number of benzene rings is 1. The lowest BCUT2D eigenvalue weighted by Crippen LogP contribution is -2.37. The number of alkyl halides is 1. The quantitative estimate of drug-likeness (QED) is 0.687. The average molecular weight is 280 g/mol. The van der Waals surface area contributed by atoms with Crippen molar-refractivity contribution in [3.63, 3.8) is 0 Å². The maximum Gasteiger partial charge on any atom is 0.0351 e. The number of hydrogen-bond acceptors (Lipinski definition) is 1. The molecule has 0 N–H and O–H groups in total. The van der Waals surface area contributed by atoms with Crippen molar-refractivity contribution in [1.82, 2.24) is 4.90 Å². The third-order valence-electron chi connectivity index (χ3n) is 4.28. The van der Waals surface area contributed by atoms with Crippen LogP contribution in [0.3, 0.4) is 0 Å². The molecule has 1 aliphatic rings. The summed E-state index contributed by atoms with van der Waals surface area (Å²) < 4.78 is 0. The Bertz CT molecular complexity index is 354. The van der Waals surface area contributed by atoms with Gasteiger partial charge in [0.2, 0.25) is 0 Å². The second kappa shape index (κ2) is 7.91. The van der Waals surface area contributed by atoms with Crippen molar-refractivity contribution < 1.29 is 0 Å². The van der Waals surface area contributed by atoms with Crippen LogP contribution in [0.4, 0.5) is 0 Å². The molecular formula is C17H26ClN. The highest BCUT2D eigenvalue weighted by molar-refractivity contribution is 6.18. The van der Waals surface area contributed by atoms with E-state index < -0.39 is 0 Å². The molecule has 19 heavy (non-hydrogen) atoms. The molecule has 1 saturated carbocycles. The molecule has 0 saturated heterocycles. The van der Waals surface area contributed by atoms with Crippen molar-refractivity contribution >= 4 is 11.6 Å². The molecule has 0 aliphatic heterocycles. The van der Waals surface area contributed by atoms with Crippen LogP contribution >= 0.6 is 11.6 Å². The van der Waals surface area contributed by atoms with Gasteiger partial charge in [-0.25, -0.2) is 0 Å². The molecule has 0 unspecified atom stereocenters. The van der Waals surface area contributed by atoms with Gasteiger partial charge in [0.1, 0.15) is 0 Å². The van der Waals surface area contributed by atoms with E-state index in [2.05, 4.69) is 36.1 Å². The smallest absolute Gasteiger partial charge is 0.0351 e. The fraction of sp³-hybridized carbons (Fsp3) is 0.647. The van der Waals surface area contributed by atoms with E-state index in [1.165, 1.54) is 43.2 Å². The Balaban J connectivity index is 1.97. The minimum atomic E-state index is 0.740. The van der Waals surface area contributed by atoms with Crippen molar-refractivity contribution in [1.29, 1.82) is 0 Å². The molecule has 1 nitrogen and oxygen atoms in total. The van der Waals surface area contributed by atoms with Gasteiger partial charge in [-0.3, -0.25) is 4.90 Å². The Labute approximate surface area is 123 Å². The zero-order valence-electron chi connectivity index (χ0n) is 12.1. The third-order valence-corrected chi connectivity index (χ3v) is 4.45. The molecule has 0 atom stereocenters. The van der Waals surface area contributed by atoms with Crippen LogP contribution in [0.25, 0.3) is 0 Å². The molecule has 2 heteroatoms. The third kappa shape index (κ3) is 4.50. The summed E-state index contributed by atoms with van der Waals surface area (Å²) in [6, 6.07) is 9.83. The highest BCUT2D eigenvalue weighted by Gasteiger charge is 2.20. The van der Waals surface area contributed by atoms with Crippen molar-refractivity contribution in [3.05, 3.63) is 35.4 Å². The van der Waals surface area contributed by atoms with Crippen molar-refractivity contribution in [2.24, 2.45) is 0 Å². The SMILES string of the molecule is CCc1ccc(CN(CCCl)C2CCCCC2)cc1. The number of aryl methyl sites for hydroxylation is 1. The minimum Gasteiger partial charge on any atom is -0.295 e. The van der Waals surface area contributed by atoms with Gasteiger partial charge in [0.05, 0.1) is 0 Å². The summed E-state index contributed by atoms with van der Waals surface area (Å²) in [5.74, 6) is 0.740. The van der Waals surface area contributed by atoms with Crippen molar-refractivity contribution in [3.8, 4) is 0 Å². The van der Waals surface area contributed by atoms with E-state index in [4.69, 9.17) is 11.6 Å². The fourth-order valence-electron chi connectivity index (χ4n) is 3.06. The van der Waals surface area contributed by atoms with Gasteiger partial charge in [0, 0.05) is 25.0 Å². The van der Waals surface area contributed by atoms with Gasteiger partial charge in [-0.2, -0.15) is 0 Å². The molecule has 1 aromatic rings. The molecule has 0 radical (unpaired) electrons. The second-order valence-electron chi connectivity index (χ2n) is 5.62. The molecule has 1 aromatic carbocycles. The first-order valence-corrected chi connectivity index (χ1v) is 8.24. The molecule has 0 aromatic heterocycles. The predicted octanol–water partition coefficient (Wildman–Crippen LogP) is 4.62. The van der Waals surface area contributed by atoms with Crippen molar-refractivity contribution in [2.75, 3.05) is 12.4 Å². The first kappa shape index (κ1) is 14.9. The first-order valence-electron chi connectivity index (χ1n) is 7.71. The van der Waals surface area contributed by atoms with Crippen molar-refractivity contribution in [2.45, 2.75) is 58.0 Å². The molecule has 2 rings (SSSR count). The highest BCUT2D eigenvalue weighted by Crippen LogP contribution is 2.24. The summed E-state index contributed by atoms with van der Waals surface area (Å²) >= 11 is 5.99. The van der Waals surface area contributed by atoms with Gasteiger partial charge in [0.25, 0.3) is 0 Å². The average Bonchev–Trinajstić information content (AvgIpc) is 2.48. The van der Waals surface area contributed by atoms with Gasteiger partial charge in [-0.1, -0.05) is 50.5 Å². The summed E-state index contributed by atoms with van der Waals surface area (Å²) in [7, 11) is 0. The van der Waals surface area contributed by atoms with Crippen LogP contribution < -0.4 is 0 Å². The van der Waals surface area contributed by atoms with E-state index in [0.29, 0.717) is 0 Å². The van der Waals surface area contributed by atoms with Gasteiger partial charge in [-0.05, 0) is 30.4 Å². The lowest BCUT2D eigenvalue weighted by molar-refractivity contribution is 0.157. The lowest BCUT2D eigenvalue weighted by Gasteiger charge is -2.34. The second-order valence-corrected chi connectivity index (χ2v) is 6.00.